The van der Waals surface area contributed by atoms with E-state index in [4.69, 9.17) is 20.9 Å². The summed E-state index contributed by atoms with van der Waals surface area (Å²) < 4.78 is 11.5. The Balaban J connectivity index is 1.19. The van der Waals surface area contributed by atoms with E-state index in [1.165, 1.54) is 21.7 Å². The van der Waals surface area contributed by atoms with Crippen molar-refractivity contribution in [3.63, 3.8) is 0 Å². The first-order valence-electron chi connectivity index (χ1n) is 15.1. The Morgan fingerprint density at radius 1 is 0.976 bits per heavy atom. The molecule has 2 aliphatic heterocycles. The molecule has 224 valence electrons. The molecule has 1 atom stereocenters. The minimum absolute atomic E-state index is 0.0724. The summed E-state index contributed by atoms with van der Waals surface area (Å²) in [7, 11) is 0. The number of amides is 1. The average Bonchev–Trinajstić information content (AvgIpc) is 2.98. The summed E-state index contributed by atoms with van der Waals surface area (Å²) in [6, 6.07) is 11.7. The molecule has 2 aromatic rings. The summed E-state index contributed by atoms with van der Waals surface area (Å²) in [6.45, 7) is 10.8. The molecule has 0 bridgehead atoms. The summed E-state index contributed by atoms with van der Waals surface area (Å²) in [5.41, 5.74) is 17.3. The molecule has 4 N–H and O–H groups in total. The lowest BCUT2D eigenvalue weighted by atomic mass is 10.0. The fourth-order valence-corrected chi connectivity index (χ4v) is 5.53. The lowest BCUT2D eigenvalue weighted by Gasteiger charge is -2.37. The van der Waals surface area contributed by atoms with Crippen LogP contribution in [0.4, 0.5) is 11.4 Å². The van der Waals surface area contributed by atoms with Crippen LogP contribution in [-0.4, -0.2) is 75.4 Å². The smallest absolute Gasteiger partial charge is 0.324 e. The third-order valence-corrected chi connectivity index (χ3v) is 8.29. The van der Waals surface area contributed by atoms with Crippen molar-refractivity contribution in [2.45, 2.75) is 64.8 Å². The Bertz CT molecular complexity index is 1160. The number of ether oxygens (including phenoxy) is 2. The number of carbonyl (C=O) groups is 2. The third-order valence-electron chi connectivity index (χ3n) is 8.29. The van der Waals surface area contributed by atoms with Crippen molar-refractivity contribution in [2.75, 3.05) is 62.4 Å². The number of rotatable bonds is 14. The quantitative estimate of drug-likeness (QED) is 0.264. The molecule has 1 fully saturated rings. The van der Waals surface area contributed by atoms with E-state index in [1.54, 1.807) is 0 Å². The van der Waals surface area contributed by atoms with Crippen molar-refractivity contribution in [3.8, 4) is 5.75 Å². The fourth-order valence-electron chi connectivity index (χ4n) is 5.53. The molecule has 1 amide bonds. The number of unbranched alkanes of at least 4 members (excludes halogenated alkanes) is 2. The van der Waals surface area contributed by atoms with Gasteiger partial charge in [-0.15, -0.1) is 0 Å². The highest BCUT2D eigenvalue weighted by Gasteiger charge is 2.27. The van der Waals surface area contributed by atoms with E-state index in [-0.39, 0.29) is 12.6 Å². The van der Waals surface area contributed by atoms with Crippen LogP contribution < -0.4 is 26.0 Å². The van der Waals surface area contributed by atoms with E-state index in [0.717, 1.165) is 75.4 Å². The van der Waals surface area contributed by atoms with Crippen LogP contribution in [0.3, 0.4) is 0 Å². The van der Waals surface area contributed by atoms with Gasteiger partial charge < -0.3 is 25.8 Å². The third kappa shape index (κ3) is 8.44. The minimum atomic E-state index is -0.711. The lowest BCUT2D eigenvalue weighted by molar-refractivity contribution is -0.145. The van der Waals surface area contributed by atoms with Crippen LogP contribution >= 0.6 is 0 Å². The molecule has 0 aromatic heterocycles. The zero-order chi connectivity index (χ0) is 29.2. The predicted octanol–water partition coefficient (Wildman–Crippen LogP) is 3.52. The molecule has 41 heavy (non-hydrogen) atoms. The first kappa shape index (κ1) is 30.8. The molecule has 0 radical (unpaired) electrons. The van der Waals surface area contributed by atoms with Crippen molar-refractivity contribution in [1.82, 2.24) is 4.90 Å². The van der Waals surface area contributed by atoms with Crippen LogP contribution in [0.15, 0.2) is 36.4 Å². The molecular weight excluding hydrogens is 518 g/mol. The summed E-state index contributed by atoms with van der Waals surface area (Å²) >= 11 is 0. The number of hydrogen-bond donors (Lipinski definition) is 2. The second-order valence-electron chi connectivity index (χ2n) is 11.2. The molecule has 9 nitrogen and oxygen atoms in total. The number of fused-ring (bicyclic) bond motifs is 1. The maximum Gasteiger partial charge on any atom is 0.324 e. The number of anilines is 2. The summed E-state index contributed by atoms with van der Waals surface area (Å²) in [6.07, 6.45) is 5.16. The number of benzene rings is 2. The zero-order valence-corrected chi connectivity index (χ0v) is 24.8. The molecule has 4 rings (SSSR count). The molecule has 9 heteroatoms. The normalized spacial score (nSPS) is 16.4. The highest BCUT2D eigenvalue weighted by Crippen LogP contribution is 2.32. The van der Waals surface area contributed by atoms with E-state index in [9.17, 15) is 9.59 Å². The van der Waals surface area contributed by atoms with Gasteiger partial charge in [-0.05, 0) is 87.9 Å². The van der Waals surface area contributed by atoms with Crippen LogP contribution in [0.25, 0.3) is 0 Å². The SMILES string of the molecule is Cc1cccc(N2CCN(CCCCOc3ccc4c(c3)N(COC(=O)C(N)CCCCN)C(=O)CC4)CC2)c1C. The largest absolute Gasteiger partial charge is 0.494 e. The van der Waals surface area contributed by atoms with Gasteiger partial charge in [0.05, 0.1) is 12.3 Å². The number of aryl methyl sites for hydroxylation is 2. The Hall–Kier alpha value is -3.14. The highest BCUT2D eigenvalue weighted by atomic mass is 16.5. The number of hydrogen-bond acceptors (Lipinski definition) is 8. The summed E-state index contributed by atoms with van der Waals surface area (Å²) in [4.78, 5) is 31.6. The number of piperazine rings is 1. The summed E-state index contributed by atoms with van der Waals surface area (Å²) in [5.74, 6) is 0.147. The van der Waals surface area contributed by atoms with Crippen molar-refractivity contribution in [2.24, 2.45) is 11.5 Å². The molecule has 0 aliphatic carbocycles. The molecule has 1 unspecified atom stereocenters. The van der Waals surface area contributed by atoms with Crippen molar-refractivity contribution in [1.29, 1.82) is 0 Å². The molecule has 2 aliphatic rings. The molecule has 2 aromatic carbocycles. The number of esters is 1. The first-order valence-corrected chi connectivity index (χ1v) is 15.1. The summed E-state index contributed by atoms with van der Waals surface area (Å²) in [5, 5.41) is 0. The lowest BCUT2D eigenvalue weighted by Crippen LogP contribution is -2.46. The van der Waals surface area contributed by atoms with Crippen LogP contribution in [-0.2, 0) is 20.7 Å². The minimum Gasteiger partial charge on any atom is -0.494 e. The molecule has 2 heterocycles. The Morgan fingerprint density at radius 3 is 2.56 bits per heavy atom. The average molecular weight is 566 g/mol. The van der Waals surface area contributed by atoms with Crippen molar-refractivity contribution >= 4 is 23.3 Å². The van der Waals surface area contributed by atoms with Gasteiger partial charge in [-0.2, -0.15) is 0 Å². The topological polar surface area (TPSA) is 114 Å². The highest BCUT2D eigenvalue weighted by molar-refractivity contribution is 5.96. The van der Waals surface area contributed by atoms with Gasteiger partial charge in [-0.3, -0.25) is 19.4 Å². The van der Waals surface area contributed by atoms with Gasteiger partial charge in [0.2, 0.25) is 5.91 Å². The Morgan fingerprint density at radius 2 is 1.78 bits per heavy atom. The van der Waals surface area contributed by atoms with Gasteiger partial charge in [-0.25, -0.2) is 0 Å². The molecule has 1 saturated heterocycles. The van der Waals surface area contributed by atoms with Gasteiger partial charge in [-0.1, -0.05) is 24.6 Å². The second kappa shape index (κ2) is 15.2. The van der Waals surface area contributed by atoms with Crippen LogP contribution in [0, 0.1) is 13.8 Å². The van der Waals surface area contributed by atoms with Crippen LogP contribution in [0.2, 0.25) is 0 Å². The van der Waals surface area contributed by atoms with E-state index < -0.39 is 12.0 Å². The van der Waals surface area contributed by atoms with E-state index in [0.29, 0.717) is 32.4 Å². The van der Waals surface area contributed by atoms with Gasteiger partial charge in [0, 0.05) is 44.4 Å². The predicted molar refractivity (Wildman–Crippen MR) is 163 cm³/mol. The monoisotopic (exact) mass is 565 g/mol. The van der Waals surface area contributed by atoms with Crippen LogP contribution in [0.1, 0.15) is 55.2 Å². The number of nitrogens with two attached hydrogens (primary N) is 2. The van der Waals surface area contributed by atoms with Gasteiger partial charge in [0.15, 0.2) is 6.73 Å². The first-order chi connectivity index (χ1) is 19.9. The standard InChI is InChI=1S/C32H47N5O4/c1-24-8-7-10-29(25(24)2)36-19-17-35(18-20-36)16-5-6-21-40-27-13-11-26-12-14-31(38)37(30(26)22-27)23-41-32(39)28(34)9-3-4-15-33/h7-8,10-11,13,22,28H,3-6,9,12,14-21,23,33-34H2,1-2H3. The maximum absolute atomic E-state index is 12.7. The zero-order valence-electron chi connectivity index (χ0n) is 24.8. The second-order valence-corrected chi connectivity index (χ2v) is 11.2. The maximum atomic E-state index is 12.7. The Kier molecular flexibility index (Phi) is 11.4. The van der Waals surface area contributed by atoms with E-state index in [1.807, 2.05) is 18.2 Å². The Labute approximate surface area is 244 Å². The molecule has 0 saturated carbocycles. The number of carbonyl (C=O) groups excluding carboxylic acids is 2. The van der Waals surface area contributed by atoms with Gasteiger partial charge >= 0.3 is 5.97 Å². The van der Waals surface area contributed by atoms with E-state index in [2.05, 4.69) is 41.8 Å². The number of nitrogens with zero attached hydrogens (tertiary/aromatic N) is 3. The van der Waals surface area contributed by atoms with Crippen molar-refractivity contribution < 1.29 is 19.1 Å². The molecular formula is C32H47N5O4. The van der Waals surface area contributed by atoms with Gasteiger partial charge in [0.1, 0.15) is 11.8 Å². The van der Waals surface area contributed by atoms with Gasteiger partial charge in [0.25, 0.3) is 0 Å². The molecule has 0 spiro atoms. The van der Waals surface area contributed by atoms with Crippen LogP contribution in [0.5, 0.6) is 5.75 Å². The van der Waals surface area contributed by atoms with E-state index >= 15 is 0 Å². The van der Waals surface area contributed by atoms with Crippen molar-refractivity contribution in [3.05, 3.63) is 53.1 Å². The fraction of sp³-hybridized carbons (Fsp3) is 0.562.